The standard InChI is InChI=1S/C14H14N2O5/c1-19-10-4-8(5-11(20-2)12(10)21-3)13-15-6-9(7-16-13)14(17)18/h4-7H,1-3H3,(H,17,18). The maximum absolute atomic E-state index is 10.8. The normalized spacial score (nSPS) is 10.0. The van der Waals surface area contributed by atoms with Crippen molar-refractivity contribution in [1.82, 2.24) is 9.97 Å². The minimum atomic E-state index is -1.08. The Morgan fingerprint density at radius 1 is 1.00 bits per heavy atom. The molecule has 0 bridgehead atoms. The van der Waals surface area contributed by atoms with Crippen LogP contribution in [0.15, 0.2) is 24.5 Å². The molecule has 2 rings (SSSR count). The van der Waals surface area contributed by atoms with Crippen molar-refractivity contribution in [2.24, 2.45) is 0 Å². The number of aromatic nitrogens is 2. The fourth-order valence-electron chi connectivity index (χ4n) is 1.80. The van der Waals surface area contributed by atoms with Crippen LogP contribution in [-0.4, -0.2) is 42.4 Å². The van der Waals surface area contributed by atoms with Gasteiger partial charge in [0.15, 0.2) is 17.3 Å². The summed E-state index contributed by atoms with van der Waals surface area (Å²) in [7, 11) is 4.53. The third-order valence-corrected chi connectivity index (χ3v) is 2.82. The second-order valence-corrected chi connectivity index (χ2v) is 4.01. The van der Waals surface area contributed by atoms with Gasteiger partial charge in [0.25, 0.3) is 0 Å². The van der Waals surface area contributed by atoms with Gasteiger partial charge in [-0.3, -0.25) is 0 Å². The lowest BCUT2D eigenvalue weighted by Crippen LogP contribution is -2.00. The molecule has 2 aromatic rings. The molecule has 0 amide bonds. The number of rotatable bonds is 5. The van der Waals surface area contributed by atoms with Crippen molar-refractivity contribution < 1.29 is 24.1 Å². The van der Waals surface area contributed by atoms with E-state index in [1.807, 2.05) is 0 Å². The van der Waals surface area contributed by atoms with Crippen LogP contribution in [0.5, 0.6) is 17.2 Å². The van der Waals surface area contributed by atoms with E-state index in [1.165, 1.54) is 33.7 Å². The summed E-state index contributed by atoms with van der Waals surface area (Å²) in [6, 6.07) is 3.38. The van der Waals surface area contributed by atoms with Gasteiger partial charge in [0, 0.05) is 18.0 Å². The Morgan fingerprint density at radius 2 is 1.52 bits per heavy atom. The van der Waals surface area contributed by atoms with Crippen molar-refractivity contribution in [2.45, 2.75) is 0 Å². The van der Waals surface area contributed by atoms with Crippen LogP contribution in [0.3, 0.4) is 0 Å². The summed E-state index contributed by atoms with van der Waals surface area (Å²) in [6.45, 7) is 0. The topological polar surface area (TPSA) is 90.8 Å². The van der Waals surface area contributed by atoms with Gasteiger partial charge in [-0.15, -0.1) is 0 Å². The van der Waals surface area contributed by atoms with E-state index in [1.54, 1.807) is 12.1 Å². The molecule has 0 saturated heterocycles. The highest BCUT2D eigenvalue weighted by molar-refractivity contribution is 5.87. The molecule has 0 aliphatic rings. The summed E-state index contributed by atoms with van der Waals surface area (Å²) < 4.78 is 15.7. The van der Waals surface area contributed by atoms with E-state index < -0.39 is 5.97 Å². The summed E-state index contributed by atoms with van der Waals surface area (Å²) in [4.78, 5) is 18.9. The zero-order valence-electron chi connectivity index (χ0n) is 11.8. The summed E-state index contributed by atoms with van der Waals surface area (Å²) >= 11 is 0. The Bertz CT molecular complexity index is 630. The highest BCUT2D eigenvalue weighted by Gasteiger charge is 2.15. The Hall–Kier alpha value is -2.83. The molecule has 7 nitrogen and oxygen atoms in total. The lowest BCUT2D eigenvalue weighted by Gasteiger charge is -2.13. The van der Waals surface area contributed by atoms with Crippen LogP contribution in [0.4, 0.5) is 0 Å². The molecule has 0 aliphatic carbocycles. The zero-order chi connectivity index (χ0) is 15.4. The first-order valence-corrected chi connectivity index (χ1v) is 5.96. The average molecular weight is 290 g/mol. The summed E-state index contributed by atoms with van der Waals surface area (Å²) in [6.07, 6.45) is 2.49. The van der Waals surface area contributed by atoms with Gasteiger partial charge in [0.05, 0.1) is 26.9 Å². The molecule has 1 aromatic heterocycles. The number of carboxylic acid groups (broad SMARTS) is 1. The molecule has 21 heavy (non-hydrogen) atoms. The van der Waals surface area contributed by atoms with E-state index in [4.69, 9.17) is 19.3 Å². The maximum atomic E-state index is 10.8. The molecule has 110 valence electrons. The smallest absolute Gasteiger partial charge is 0.338 e. The van der Waals surface area contributed by atoms with Crippen molar-refractivity contribution in [3.8, 4) is 28.6 Å². The summed E-state index contributed by atoms with van der Waals surface area (Å²) in [5, 5.41) is 8.84. The number of carboxylic acids is 1. The molecule has 0 aliphatic heterocycles. The van der Waals surface area contributed by atoms with E-state index >= 15 is 0 Å². The van der Waals surface area contributed by atoms with Crippen LogP contribution in [0.1, 0.15) is 10.4 Å². The van der Waals surface area contributed by atoms with Crippen LogP contribution in [0.2, 0.25) is 0 Å². The third-order valence-electron chi connectivity index (χ3n) is 2.82. The molecule has 1 heterocycles. The highest BCUT2D eigenvalue weighted by Crippen LogP contribution is 2.40. The second kappa shape index (κ2) is 6.08. The molecule has 1 aromatic carbocycles. The van der Waals surface area contributed by atoms with Crippen molar-refractivity contribution in [3.63, 3.8) is 0 Å². The Labute approximate surface area is 121 Å². The molecule has 0 spiro atoms. The van der Waals surface area contributed by atoms with E-state index in [0.29, 0.717) is 28.6 Å². The first kappa shape index (κ1) is 14.6. The average Bonchev–Trinajstić information content (AvgIpc) is 2.53. The fourth-order valence-corrected chi connectivity index (χ4v) is 1.80. The summed E-state index contributed by atoms with van der Waals surface area (Å²) in [5.74, 6) is 0.687. The number of nitrogens with zero attached hydrogens (tertiary/aromatic N) is 2. The van der Waals surface area contributed by atoms with Gasteiger partial charge in [0.1, 0.15) is 0 Å². The van der Waals surface area contributed by atoms with Crippen molar-refractivity contribution in [1.29, 1.82) is 0 Å². The van der Waals surface area contributed by atoms with Crippen LogP contribution < -0.4 is 14.2 Å². The highest BCUT2D eigenvalue weighted by atomic mass is 16.5. The molecule has 1 N–H and O–H groups in total. The van der Waals surface area contributed by atoms with Crippen molar-refractivity contribution in [3.05, 3.63) is 30.1 Å². The minimum Gasteiger partial charge on any atom is -0.493 e. The molecular formula is C14H14N2O5. The van der Waals surface area contributed by atoms with Crippen LogP contribution in [0, 0.1) is 0 Å². The second-order valence-electron chi connectivity index (χ2n) is 4.01. The quantitative estimate of drug-likeness (QED) is 0.898. The number of hydrogen-bond acceptors (Lipinski definition) is 6. The Balaban J connectivity index is 2.50. The van der Waals surface area contributed by atoms with Crippen molar-refractivity contribution >= 4 is 5.97 Å². The number of benzene rings is 1. The first-order chi connectivity index (χ1) is 10.1. The van der Waals surface area contributed by atoms with Gasteiger partial charge in [-0.05, 0) is 12.1 Å². The first-order valence-electron chi connectivity index (χ1n) is 5.96. The number of carbonyl (C=O) groups is 1. The zero-order valence-corrected chi connectivity index (χ0v) is 11.8. The van der Waals surface area contributed by atoms with E-state index in [0.717, 1.165) is 0 Å². The van der Waals surface area contributed by atoms with Crippen molar-refractivity contribution in [2.75, 3.05) is 21.3 Å². The number of ether oxygens (including phenoxy) is 3. The van der Waals surface area contributed by atoms with E-state index in [-0.39, 0.29) is 5.56 Å². The third kappa shape index (κ3) is 2.86. The maximum Gasteiger partial charge on any atom is 0.338 e. The van der Waals surface area contributed by atoms with Gasteiger partial charge in [0.2, 0.25) is 5.75 Å². The number of methoxy groups -OCH3 is 3. The molecule has 7 heteroatoms. The van der Waals surface area contributed by atoms with Gasteiger partial charge in [-0.2, -0.15) is 0 Å². The minimum absolute atomic E-state index is 0.0196. The molecule has 0 saturated carbocycles. The monoisotopic (exact) mass is 290 g/mol. The van der Waals surface area contributed by atoms with Gasteiger partial charge in [-0.1, -0.05) is 0 Å². The predicted octanol–water partition coefficient (Wildman–Crippen LogP) is 1.87. The number of aromatic carboxylic acids is 1. The fraction of sp³-hybridized carbons (Fsp3) is 0.214. The Morgan fingerprint density at radius 3 is 1.90 bits per heavy atom. The van der Waals surface area contributed by atoms with E-state index in [2.05, 4.69) is 9.97 Å². The Kier molecular flexibility index (Phi) is 4.22. The summed E-state index contributed by atoms with van der Waals surface area (Å²) in [5.41, 5.74) is 0.646. The van der Waals surface area contributed by atoms with E-state index in [9.17, 15) is 4.79 Å². The van der Waals surface area contributed by atoms with Gasteiger partial charge in [-0.25, -0.2) is 14.8 Å². The lowest BCUT2D eigenvalue weighted by molar-refractivity contribution is 0.0696. The van der Waals surface area contributed by atoms with Crippen LogP contribution >= 0.6 is 0 Å². The molecular weight excluding hydrogens is 276 g/mol. The predicted molar refractivity (Wildman–Crippen MR) is 74.1 cm³/mol. The lowest BCUT2D eigenvalue weighted by atomic mass is 10.1. The molecule has 0 unspecified atom stereocenters. The largest absolute Gasteiger partial charge is 0.493 e. The SMILES string of the molecule is COc1cc(-c2ncc(C(=O)O)cn2)cc(OC)c1OC. The van der Waals surface area contributed by atoms with Crippen LogP contribution in [0.25, 0.3) is 11.4 Å². The van der Waals surface area contributed by atoms with Gasteiger partial charge >= 0.3 is 5.97 Å². The molecule has 0 atom stereocenters. The van der Waals surface area contributed by atoms with Crippen LogP contribution in [-0.2, 0) is 0 Å². The molecule has 0 radical (unpaired) electrons. The number of hydrogen-bond donors (Lipinski definition) is 1. The molecule has 0 fully saturated rings. The van der Waals surface area contributed by atoms with Gasteiger partial charge < -0.3 is 19.3 Å².